The third kappa shape index (κ3) is 3.66. The molecule has 3 aromatic carbocycles. The summed E-state index contributed by atoms with van der Waals surface area (Å²) in [5, 5.41) is 2.69. The molecule has 1 fully saturated rings. The lowest BCUT2D eigenvalue weighted by Crippen LogP contribution is -2.48. The van der Waals surface area contributed by atoms with Crippen LogP contribution in [0.4, 0.5) is 5.69 Å². The van der Waals surface area contributed by atoms with Crippen molar-refractivity contribution in [2.75, 3.05) is 38.2 Å². The van der Waals surface area contributed by atoms with Crippen LogP contribution in [0.1, 0.15) is 0 Å². The van der Waals surface area contributed by atoms with E-state index in [1.807, 2.05) is 18.2 Å². The van der Waals surface area contributed by atoms with Gasteiger partial charge < -0.3 is 9.64 Å². The van der Waals surface area contributed by atoms with Crippen LogP contribution in [0.5, 0.6) is 5.75 Å². The monoisotopic (exact) mass is 450 g/mol. The average molecular weight is 451 g/mol. The predicted molar refractivity (Wildman–Crippen MR) is 118 cm³/mol. The highest BCUT2D eigenvalue weighted by molar-refractivity contribution is 7.89. The molecule has 1 heterocycles. The van der Waals surface area contributed by atoms with E-state index in [9.17, 15) is 8.42 Å². The molecule has 0 radical (unpaired) electrons. The maximum atomic E-state index is 13.2. The maximum Gasteiger partial charge on any atom is 0.246 e. The van der Waals surface area contributed by atoms with Gasteiger partial charge in [0.05, 0.1) is 12.1 Å². The van der Waals surface area contributed by atoms with Crippen molar-refractivity contribution in [2.45, 2.75) is 4.90 Å². The number of fused-ring (bicyclic) bond motifs is 1. The summed E-state index contributed by atoms with van der Waals surface area (Å²) >= 11 is 12.2. The van der Waals surface area contributed by atoms with Crippen LogP contribution in [0.15, 0.2) is 59.5 Å². The van der Waals surface area contributed by atoms with E-state index in [0.29, 0.717) is 26.2 Å². The molecule has 3 aromatic rings. The Balaban J connectivity index is 1.59. The Morgan fingerprint density at radius 2 is 1.59 bits per heavy atom. The quantitative estimate of drug-likeness (QED) is 0.579. The molecule has 0 unspecified atom stereocenters. The number of hydrogen-bond donors (Lipinski definition) is 0. The van der Waals surface area contributed by atoms with Gasteiger partial charge in [-0.3, -0.25) is 0 Å². The van der Waals surface area contributed by atoms with Crippen LogP contribution in [0, 0.1) is 0 Å². The van der Waals surface area contributed by atoms with Crippen molar-refractivity contribution in [1.29, 1.82) is 0 Å². The zero-order valence-electron chi connectivity index (χ0n) is 15.8. The number of nitrogens with zero attached hydrogens (tertiary/aromatic N) is 2. The lowest BCUT2D eigenvalue weighted by molar-refractivity contribution is 0.374. The summed E-state index contributed by atoms with van der Waals surface area (Å²) in [7, 11) is -2.37. The first kappa shape index (κ1) is 20.3. The van der Waals surface area contributed by atoms with E-state index >= 15 is 0 Å². The number of ether oxygens (including phenoxy) is 1. The van der Waals surface area contributed by atoms with Crippen LogP contribution in [-0.2, 0) is 10.0 Å². The first-order chi connectivity index (χ1) is 13.9. The molecule has 1 aliphatic heterocycles. The summed E-state index contributed by atoms with van der Waals surface area (Å²) in [5.41, 5.74) is 1.12. The van der Waals surface area contributed by atoms with Gasteiger partial charge in [0.25, 0.3) is 0 Å². The van der Waals surface area contributed by atoms with Gasteiger partial charge in [-0.1, -0.05) is 59.6 Å². The van der Waals surface area contributed by atoms with Crippen molar-refractivity contribution in [1.82, 2.24) is 4.31 Å². The zero-order valence-corrected chi connectivity index (χ0v) is 18.1. The normalized spacial score (nSPS) is 15.6. The Morgan fingerprint density at radius 1 is 0.897 bits per heavy atom. The third-order valence-corrected chi connectivity index (χ3v) is 7.89. The SMILES string of the molecule is COc1c(S(=O)(=O)N2CCN(c3cccc4ccccc34)CC2)ccc(Cl)c1Cl. The number of hydrogen-bond acceptors (Lipinski definition) is 4. The summed E-state index contributed by atoms with van der Waals surface area (Å²) in [4.78, 5) is 2.26. The van der Waals surface area contributed by atoms with Gasteiger partial charge in [-0.15, -0.1) is 0 Å². The Hall–Kier alpha value is -1.99. The first-order valence-corrected chi connectivity index (χ1v) is 11.4. The molecule has 0 spiro atoms. The summed E-state index contributed by atoms with van der Waals surface area (Å²) in [6.45, 7) is 1.93. The van der Waals surface area contributed by atoms with Crippen LogP contribution in [-0.4, -0.2) is 46.0 Å². The lowest BCUT2D eigenvalue weighted by Gasteiger charge is -2.36. The second kappa shape index (κ2) is 8.03. The number of rotatable bonds is 4. The molecule has 8 heteroatoms. The van der Waals surface area contributed by atoms with Crippen LogP contribution < -0.4 is 9.64 Å². The van der Waals surface area contributed by atoms with Crippen molar-refractivity contribution in [3.05, 3.63) is 64.6 Å². The van der Waals surface area contributed by atoms with Crippen molar-refractivity contribution in [3.63, 3.8) is 0 Å². The van der Waals surface area contributed by atoms with Crippen molar-refractivity contribution in [3.8, 4) is 5.75 Å². The molecule has 0 aliphatic carbocycles. The largest absolute Gasteiger partial charge is 0.494 e. The van der Waals surface area contributed by atoms with E-state index < -0.39 is 10.0 Å². The zero-order chi connectivity index (χ0) is 20.6. The smallest absolute Gasteiger partial charge is 0.246 e. The Bertz CT molecular complexity index is 1150. The number of anilines is 1. The van der Waals surface area contributed by atoms with Gasteiger partial charge in [-0.05, 0) is 23.6 Å². The van der Waals surface area contributed by atoms with Crippen LogP contribution >= 0.6 is 23.2 Å². The number of halogens is 2. The van der Waals surface area contributed by atoms with Crippen LogP contribution in [0.2, 0.25) is 10.0 Å². The first-order valence-electron chi connectivity index (χ1n) is 9.18. The lowest BCUT2D eigenvalue weighted by atomic mass is 10.1. The van der Waals surface area contributed by atoms with Crippen molar-refractivity contribution >= 4 is 49.7 Å². The molecule has 0 bridgehead atoms. The van der Waals surface area contributed by atoms with E-state index in [-0.39, 0.29) is 20.7 Å². The number of piperazine rings is 1. The minimum absolute atomic E-state index is 0.0352. The Morgan fingerprint density at radius 3 is 2.31 bits per heavy atom. The maximum absolute atomic E-state index is 13.2. The topological polar surface area (TPSA) is 49.9 Å². The second-order valence-corrected chi connectivity index (χ2v) is 9.47. The van der Waals surface area contributed by atoms with Crippen LogP contribution in [0.25, 0.3) is 10.8 Å². The van der Waals surface area contributed by atoms with E-state index in [0.717, 1.165) is 11.1 Å². The van der Waals surface area contributed by atoms with Crippen molar-refractivity contribution in [2.24, 2.45) is 0 Å². The van der Waals surface area contributed by atoms with Gasteiger partial charge in [0, 0.05) is 37.3 Å². The molecule has 0 atom stereocenters. The number of methoxy groups -OCH3 is 1. The molecule has 4 rings (SSSR count). The molecule has 29 heavy (non-hydrogen) atoms. The fourth-order valence-corrected chi connectivity index (χ4v) is 5.73. The van der Waals surface area contributed by atoms with Gasteiger partial charge in [0.1, 0.15) is 9.92 Å². The van der Waals surface area contributed by atoms with Gasteiger partial charge in [0.15, 0.2) is 5.75 Å². The highest BCUT2D eigenvalue weighted by atomic mass is 35.5. The molecular weight excluding hydrogens is 431 g/mol. The summed E-state index contributed by atoms with van der Waals surface area (Å²) in [5.74, 6) is 0.0793. The summed E-state index contributed by atoms with van der Waals surface area (Å²) in [6, 6.07) is 17.3. The molecule has 1 saturated heterocycles. The minimum atomic E-state index is -3.75. The summed E-state index contributed by atoms with van der Waals surface area (Å²) in [6.07, 6.45) is 0. The van der Waals surface area contributed by atoms with Crippen LogP contribution in [0.3, 0.4) is 0 Å². The highest BCUT2D eigenvalue weighted by Crippen LogP contribution is 2.39. The molecule has 0 N–H and O–H groups in total. The standard InChI is InChI=1S/C21H20Cl2N2O3S/c1-28-21-19(10-9-17(22)20(21)23)29(26,27)25-13-11-24(12-14-25)18-8-4-6-15-5-2-3-7-16(15)18/h2-10H,11-14H2,1H3. The molecule has 0 saturated carbocycles. The molecule has 0 aromatic heterocycles. The fraction of sp³-hybridized carbons (Fsp3) is 0.238. The Kier molecular flexibility index (Phi) is 5.62. The average Bonchev–Trinajstić information content (AvgIpc) is 2.75. The molecule has 0 amide bonds. The van der Waals surface area contributed by atoms with E-state index in [4.69, 9.17) is 27.9 Å². The van der Waals surface area contributed by atoms with E-state index in [2.05, 4.69) is 29.2 Å². The van der Waals surface area contributed by atoms with Gasteiger partial charge in [-0.25, -0.2) is 8.42 Å². The fourth-order valence-electron chi connectivity index (χ4n) is 3.70. The second-order valence-electron chi connectivity index (χ2n) is 6.78. The van der Waals surface area contributed by atoms with Gasteiger partial charge in [0.2, 0.25) is 10.0 Å². The molecule has 1 aliphatic rings. The minimum Gasteiger partial charge on any atom is -0.494 e. The molecule has 5 nitrogen and oxygen atoms in total. The predicted octanol–water partition coefficient (Wildman–Crippen LogP) is 4.67. The summed E-state index contributed by atoms with van der Waals surface area (Å²) < 4.78 is 33.1. The number of sulfonamides is 1. The molecule has 152 valence electrons. The van der Waals surface area contributed by atoms with Gasteiger partial charge >= 0.3 is 0 Å². The van der Waals surface area contributed by atoms with E-state index in [1.165, 1.54) is 28.9 Å². The third-order valence-electron chi connectivity index (χ3n) is 5.18. The van der Waals surface area contributed by atoms with Crippen molar-refractivity contribution < 1.29 is 13.2 Å². The van der Waals surface area contributed by atoms with Gasteiger partial charge in [-0.2, -0.15) is 4.31 Å². The Labute approximate surface area is 180 Å². The van der Waals surface area contributed by atoms with E-state index in [1.54, 1.807) is 0 Å². The number of benzene rings is 3. The molecular formula is C21H20Cl2N2O3S. The highest BCUT2D eigenvalue weighted by Gasteiger charge is 2.32.